The Morgan fingerprint density at radius 1 is 1.16 bits per heavy atom. The number of halogens is 1. The molecule has 0 aliphatic heterocycles. The van der Waals surface area contributed by atoms with Gasteiger partial charge in [-0.15, -0.1) is 0 Å². The molecule has 0 heterocycles. The van der Waals surface area contributed by atoms with Crippen molar-refractivity contribution in [2.24, 2.45) is 0 Å². The van der Waals surface area contributed by atoms with E-state index in [1.807, 2.05) is 18.2 Å². The lowest BCUT2D eigenvalue weighted by atomic mass is 10.2. The molecule has 0 fully saturated rings. The van der Waals surface area contributed by atoms with Gasteiger partial charge in [-0.25, -0.2) is 0 Å². The van der Waals surface area contributed by atoms with Gasteiger partial charge in [0.15, 0.2) is 0 Å². The molecule has 0 aliphatic rings. The fourth-order valence-corrected chi connectivity index (χ4v) is 2.08. The van der Waals surface area contributed by atoms with Crippen LogP contribution in [-0.2, 0) is 6.54 Å². The minimum atomic E-state index is 0.0477. The third-order valence-corrected chi connectivity index (χ3v) is 3.36. The number of methoxy groups -OCH3 is 1. The van der Waals surface area contributed by atoms with Crippen molar-refractivity contribution < 1.29 is 14.9 Å². The van der Waals surface area contributed by atoms with Crippen molar-refractivity contribution in [2.75, 3.05) is 12.4 Å². The van der Waals surface area contributed by atoms with Gasteiger partial charge in [-0.1, -0.05) is 0 Å². The van der Waals surface area contributed by atoms with Crippen LogP contribution in [0.25, 0.3) is 0 Å². The monoisotopic (exact) mass is 323 g/mol. The molecule has 0 aliphatic carbocycles. The Labute approximate surface area is 119 Å². The first kappa shape index (κ1) is 13.5. The van der Waals surface area contributed by atoms with Crippen LogP contribution in [-0.4, -0.2) is 17.3 Å². The van der Waals surface area contributed by atoms with Crippen molar-refractivity contribution in [3.63, 3.8) is 0 Å². The number of anilines is 1. The molecule has 19 heavy (non-hydrogen) atoms. The average molecular weight is 324 g/mol. The third kappa shape index (κ3) is 3.32. The number of hydrogen-bond donors (Lipinski definition) is 3. The second-order valence-electron chi connectivity index (χ2n) is 4.02. The zero-order valence-electron chi connectivity index (χ0n) is 10.4. The predicted octanol–water partition coefficient (Wildman–Crippen LogP) is 3.48. The summed E-state index contributed by atoms with van der Waals surface area (Å²) in [5, 5.41) is 22.1. The van der Waals surface area contributed by atoms with Gasteiger partial charge in [-0.05, 0) is 40.2 Å². The summed E-state index contributed by atoms with van der Waals surface area (Å²) in [6, 6.07) is 10.2. The van der Waals surface area contributed by atoms with Gasteiger partial charge >= 0.3 is 0 Å². The topological polar surface area (TPSA) is 61.7 Å². The summed E-state index contributed by atoms with van der Waals surface area (Å²) < 4.78 is 6.09. The van der Waals surface area contributed by atoms with Crippen molar-refractivity contribution >= 4 is 21.6 Å². The molecule has 0 spiro atoms. The van der Waals surface area contributed by atoms with Gasteiger partial charge in [0.1, 0.15) is 17.2 Å². The Kier molecular flexibility index (Phi) is 4.16. The van der Waals surface area contributed by atoms with Crippen LogP contribution in [0.3, 0.4) is 0 Å². The molecule has 0 atom stereocenters. The van der Waals surface area contributed by atoms with E-state index in [0.29, 0.717) is 12.1 Å². The number of ether oxygens (including phenoxy) is 1. The Balaban J connectivity index is 2.10. The lowest BCUT2D eigenvalue weighted by Gasteiger charge is -2.10. The maximum absolute atomic E-state index is 9.68. The standard InChI is InChI=1S/C14H14BrNO3/c1-19-14-6-10(3-5-12(14)15)16-8-9-2-4-11(17)7-13(9)18/h2-7,16-18H,8H2,1H3. The van der Waals surface area contributed by atoms with Crippen LogP contribution in [0.15, 0.2) is 40.9 Å². The van der Waals surface area contributed by atoms with Crippen LogP contribution in [0, 0.1) is 0 Å². The minimum absolute atomic E-state index is 0.0477. The van der Waals surface area contributed by atoms with Crippen LogP contribution in [0.1, 0.15) is 5.56 Å². The molecular formula is C14H14BrNO3. The van der Waals surface area contributed by atoms with Gasteiger partial charge in [0.25, 0.3) is 0 Å². The quantitative estimate of drug-likeness (QED) is 0.806. The van der Waals surface area contributed by atoms with Crippen molar-refractivity contribution in [2.45, 2.75) is 6.54 Å². The second-order valence-corrected chi connectivity index (χ2v) is 4.87. The first-order chi connectivity index (χ1) is 9.10. The van der Waals surface area contributed by atoms with Crippen molar-refractivity contribution in [3.05, 3.63) is 46.4 Å². The second kappa shape index (κ2) is 5.84. The highest BCUT2D eigenvalue weighted by atomic mass is 79.9. The number of nitrogens with one attached hydrogen (secondary N) is 1. The number of rotatable bonds is 4. The summed E-state index contributed by atoms with van der Waals surface area (Å²) in [5.74, 6) is 0.850. The number of aromatic hydroxyl groups is 2. The van der Waals surface area contributed by atoms with E-state index in [2.05, 4.69) is 21.2 Å². The summed E-state index contributed by atoms with van der Waals surface area (Å²) in [6.45, 7) is 0.455. The van der Waals surface area contributed by atoms with E-state index in [1.54, 1.807) is 19.2 Å². The molecule has 0 unspecified atom stereocenters. The number of phenolic OH excluding ortho intramolecular Hbond substituents is 2. The normalized spacial score (nSPS) is 10.2. The van der Waals surface area contributed by atoms with E-state index in [9.17, 15) is 10.2 Å². The fraction of sp³-hybridized carbons (Fsp3) is 0.143. The lowest BCUT2D eigenvalue weighted by Crippen LogP contribution is -2.00. The van der Waals surface area contributed by atoms with Crippen LogP contribution in [0.5, 0.6) is 17.2 Å². The molecule has 2 rings (SSSR count). The van der Waals surface area contributed by atoms with E-state index in [1.165, 1.54) is 6.07 Å². The number of phenols is 2. The number of hydrogen-bond acceptors (Lipinski definition) is 4. The fourth-order valence-electron chi connectivity index (χ4n) is 1.67. The zero-order chi connectivity index (χ0) is 13.8. The van der Waals surface area contributed by atoms with Gasteiger partial charge in [-0.2, -0.15) is 0 Å². The van der Waals surface area contributed by atoms with Crippen molar-refractivity contribution in [1.29, 1.82) is 0 Å². The Bertz CT molecular complexity index is 587. The Morgan fingerprint density at radius 3 is 2.63 bits per heavy atom. The van der Waals surface area contributed by atoms with Crippen LogP contribution < -0.4 is 10.1 Å². The van der Waals surface area contributed by atoms with Crippen LogP contribution >= 0.6 is 15.9 Å². The molecule has 5 heteroatoms. The molecule has 3 N–H and O–H groups in total. The highest BCUT2D eigenvalue weighted by Crippen LogP contribution is 2.29. The molecule has 2 aromatic rings. The van der Waals surface area contributed by atoms with Gasteiger partial charge < -0.3 is 20.3 Å². The summed E-state index contributed by atoms with van der Waals surface area (Å²) in [4.78, 5) is 0. The highest BCUT2D eigenvalue weighted by Gasteiger charge is 2.04. The van der Waals surface area contributed by atoms with E-state index in [0.717, 1.165) is 15.9 Å². The molecule has 0 amide bonds. The smallest absolute Gasteiger partial charge is 0.135 e. The predicted molar refractivity (Wildman–Crippen MR) is 77.8 cm³/mol. The van der Waals surface area contributed by atoms with Crippen LogP contribution in [0.4, 0.5) is 5.69 Å². The SMILES string of the molecule is COc1cc(NCc2ccc(O)cc2O)ccc1Br. The van der Waals surface area contributed by atoms with Gasteiger partial charge in [0.05, 0.1) is 11.6 Å². The maximum Gasteiger partial charge on any atom is 0.135 e. The van der Waals surface area contributed by atoms with Gasteiger partial charge in [-0.3, -0.25) is 0 Å². The van der Waals surface area contributed by atoms with Gasteiger partial charge in [0.2, 0.25) is 0 Å². The lowest BCUT2D eigenvalue weighted by molar-refractivity contribution is 0.412. The van der Waals surface area contributed by atoms with Crippen LogP contribution in [0.2, 0.25) is 0 Å². The van der Waals surface area contributed by atoms with E-state index in [-0.39, 0.29) is 11.5 Å². The summed E-state index contributed by atoms with van der Waals surface area (Å²) in [6.07, 6.45) is 0. The highest BCUT2D eigenvalue weighted by molar-refractivity contribution is 9.10. The molecular weight excluding hydrogens is 310 g/mol. The minimum Gasteiger partial charge on any atom is -0.508 e. The van der Waals surface area contributed by atoms with E-state index >= 15 is 0 Å². The van der Waals surface area contributed by atoms with Crippen molar-refractivity contribution in [1.82, 2.24) is 0 Å². The average Bonchev–Trinajstić information content (AvgIpc) is 2.39. The van der Waals surface area contributed by atoms with Gasteiger partial charge in [0, 0.05) is 29.9 Å². The molecule has 0 radical (unpaired) electrons. The van der Waals surface area contributed by atoms with E-state index in [4.69, 9.17) is 4.74 Å². The zero-order valence-corrected chi connectivity index (χ0v) is 11.9. The first-order valence-corrected chi connectivity index (χ1v) is 6.47. The van der Waals surface area contributed by atoms with Crippen molar-refractivity contribution in [3.8, 4) is 17.2 Å². The largest absolute Gasteiger partial charge is 0.508 e. The summed E-state index contributed by atoms with van der Waals surface area (Å²) >= 11 is 3.39. The molecule has 0 saturated carbocycles. The summed E-state index contributed by atoms with van der Waals surface area (Å²) in [7, 11) is 1.61. The number of benzene rings is 2. The first-order valence-electron chi connectivity index (χ1n) is 5.68. The Hall–Kier alpha value is -1.88. The third-order valence-electron chi connectivity index (χ3n) is 2.70. The molecule has 2 aromatic carbocycles. The van der Waals surface area contributed by atoms with E-state index < -0.39 is 0 Å². The molecule has 0 saturated heterocycles. The molecule has 4 nitrogen and oxygen atoms in total. The summed E-state index contributed by atoms with van der Waals surface area (Å²) in [5.41, 5.74) is 1.59. The maximum atomic E-state index is 9.68. The Morgan fingerprint density at radius 2 is 1.95 bits per heavy atom. The molecule has 0 bridgehead atoms. The molecule has 100 valence electrons. The molecule has 0 aromatic heterocycles.